The Balaban J connectivity index is 1.35. The lowest BCUT2D eigenvalue weighted by Gasteiger charge is -2.39. The summed E-state index contributed by atoms with van der Waals surface area (Å²) < 4.78 is 27.3. The summed E-state index contributed by atoms with van der Waals surface area (Å²) in [5, 5.41) is 2.61. The molecule has 1 aromatic heterocycles. The van der Waals surface area contributed by atoms with Crippen molar-refractivity contribution < 1.29 is 13.6 Å². The highest BCUT2D eigenvalue weighted by atomic mass is 19.1. The van der Waals surface area contributed by atoms with Crippen molar-refractivity contribution in [3.05, 3.63) is 78.1 Å². The van der Waals surface area contributed by atoms with E-state index in [-0.39, 0.29) is 23.9 Å². The molecular weight excluding hydrogens is 362 g/mol. The van der Waals surface area contributed by atoms with E-state index in [4.69, 9.17) is 0 Å². The lowest BCUT2D eigenvalue weighted by molar-refractivity contribution is -0.125. The first-order valence-electron chi connectivity index (χ1n) is 8.95. The van der Waals surface area contributed by atoms with Gasteiger partial charge in [-0.3, -0.25) is 4.79 Å². The monoisotopic (exact) mass is 380 g/mol. The van der Waals surface area contributed by atoms with E-state index < -0.39 is 11.6 Å². The summed E-state index contributed by atoms with van der Waals surface area (Å²) in [7, 11) is 0. The maximum Gasteiger partial charge on any atom is 0.226 e. The minimum absolute atomic E-state index is 0.129. The molecule has 0 unspecified atom stereocenters. The molecule has 1 aliphatic heterocycles. The molecule has 4 rings (SSSR count). The fraction of sp³-hybridized carbons (Fsp3) is 0.190. The largest absolute Gasteiger partial charge is 0.355 e. The molecule has 0 spiro atoms. The van der Waals surface area contributed by atoms with Gasteiger partial charge in [-0.15, -0.1) is 0 Å². The van der Waals surface area contributed by atoms with Crippen molar-refractivity contribution in [2.24, 2.45) is 5.92 Å². The molecule has 1 fully saturated rings. The Hall–Kier alpha value is -3.35. The van der Waals surface area contributed by atoms with Crippen molar-refractivity contribution in [3.63, 3.8) is 0 Å². The first-order chi connectivity index (χ1) is 13.6. The summed E-state index contributed by atoms with van der Waals surface area (Å²) >= 11 is 0. The average molecular weight is 380 g/mol. The Labute approximate surface area is 161 Å². The van der Waals surface area contributed by atoms with E-state index in [1.807, 2.05) is 41.3 Å². The van der Waals surface area contributed by atoms with Gasteiger partial charge in [0.25, 0.3) is 0 Å². The Bertz CT molecular complexity index is 970. The number of carbonyl (C=O) groups excluding carboxylic acids is 1. The van der Waals surface area contributed by atoms with Crippen LogP contribution in [0.2, 0.25) is 0 Å². The first kappa shape index (κ1) is 18.0. The summed E-state index contributed by atoms with van der Waals surface area (Å²) in [6.45, 7) is 0.827. The molecule has 2 heterocycles. The zero-order valence-electron chi connectivity index (χ0n) is 15.0. The predicted octanol–water partition coefficient (Wildman–Crippen LogP) is 3.17. The third-order valence-electron chi connectivity index (χ3n) is 4.80. The fourth-order valence-corrected chi connectivity index (χ4v) is 3.14. The van der Waals surface area contributed by atoms with Gasteiger partial charge < -0.3 is 10.2 Å². The number of benzene rings is 2. The van der Waals surface area contributed by atoms with Crippen LogP contribution in [0.4, 0.5) is 14.6 Å². The van der Waals surface area contributed by atoms with Gasteiger partial charge in [0.05, 0.1) is 11.6 Å². The van der Waals surface area contributed by atoms with Gasteiger partial charge in [-0.1, -0.05) is 36.4 Å². The van der Waals surface area contributed by atoms with Crippen molar-refractivity contribution in [2.45, 2.75) is 6.54 Å². The molecule has 0 aliphatic carbocycles. The van der Waals surface area contributed by atoms with E-state index in [1.54, 1.807) is 0 Å². The minimum atomic E-state index is -0.662. The van der Waals surface area contributed by atoms with Crippen molar-refractivity contribution in [2.75, 3.05) is 18.0 Å². The molecular formula is C21H18F2N4O. The molecule has 0 saturated carbocycles. The number of anilines is 1. The van der Waals surface area contributed by atoms with E-state index in [0.29, 0.717) is 13.1 Å². The third kappa shape index (κ3) is 3.69. The van der Waals surface area contributed by atoms with E-state index >= 15 is 0 Å². The fourth-order valence-electron chi connectivity index (χ4n) is 3.14. The number of hydrogen-bond donors (Lipinski definition) is 1. The summed E-state index contributed by atoms with van der Waals surface area (Å²) in [6.07, 6.45) is 1.51. The number of carbonyl (C=O) groups is 1. The summed E-state index contributed by atoms with van der Waals surface area (Å²) in [5.74, 6) is -1.05. The molecule has 7 heteroatoms. The standard InChI is InChI=1S/C21H18F2N4O/c22-17-7-4-8-18(23)16(17)10-24-21(28)15-11-27(12-15)20-9-19(25-13-26-20)14-5-2-1-3-6-14/h1-9,13,15H,10-12H2,(H,24,28). The van der Waals surface area contributed by atoms with E-state index in [0.717, 1.165) is 17.1 Å². The van der Waals surface area contributed by atoms with Gasteiger partial charge in [0.1, 0.15) is 23.8 Å². The van der Waals surface area contributed by atoms with Gasteiger partial charge in [0, 0.05) is 36.8 Å². The quantitative estimate of drug-likeness (QED) is 0.739. The molecule has 1 amide bonds. The molecule has 28 heavy (non-hydrogen) atoms. The van der Waals surface area contributed by atoms with Crippen LogP contribution in [0.5, 0.6) is 0 Å². The number of aromatic nitrogens is 2. The minimum Gasteiger partial charge on any atom is -0.355 e. The number of nitrogens with one attached hydrogen (secondary N) is 1. The zero-order valence-corrected chi connectivity index (χ0v) is 15.0. The molecule has 3 aromatic rings. The average Bonchev–Trinajstić information content (AvgIpc) is 2.67. The number of nitrogens with zero attached hydrogens (tertiary/aromatic N) is 3. The third-order valence-corrected chi connectivity index (χ3v) is 4.80. The lowest BCUT2D eigenvalue weighted by atomic mass is 9.98. The smallest absolute Gasteiger partial charge is 0.226 e. The van der Waals surface area contributed by atoms with Crippen LogP contribution in [0.3, 0.4) is 0 Å². The van der Waals surface area contributed by atoms with Crippen LogP contribution in [0.25, 0.3) is 11.3 Å². The predicted molar refractivity (Wildman–Crippen MR) is 101 cm³/mol. The topological polar surface area (TPSA) is 58.1 Å². The van der Waals surface area contributed by atoms with Gasteiger partial charge >= 0.3 is 0 Å². The number of rotatable bonds is 5. The molecule has 142 valence electrons. The highest BCUT2D eigenvalue weighted by Gasteiger charge is 2.33. The molecule has 5 nitrogen and oxygen atoms in total. The molecule has 1 saturated heterocycles. The number of amides is 1. The molecule has 1 aliphatic rings. The van der Waals surface area contributed by atoms with Gasteiger partial charge in [0.15, 0.2) is 0 Å². The highest BCUT2D eigenvalue weighted by molar-refractivity contribution is 5.82. The van der Waals surface area contributed by atoms with Crippen molar-refractivity contribution in [1.82, 2.24) is 15.3 Å². The normalized spacial score (nSPS) is 13.9. The van der Waals surface area contributed by atoms with Crippen LogP contribution in [0.1, 0.15) is 5.56 Å². The molecule has 1 N–H and O–H groups in total. The Morgan fingerprint density at radius 2 is 1.75 bits per heavy atom. The van der Waals surface area contributed by atoms with Crippen LogP contribution >= 0.6 is 0 Å². The second kappa shape index (κ2) is 7.72. The summed E-state index contributed by atoms with van der Waals surface area (Å²) in [6, 6.07) is 15.3. The van der Waals surface area contributed by atoms with Gasteiger partial charge in [-0.25, -0.2) is 18.7 Å². The van der Waals surface area contributed by atoms with Crippen LogP contribution in [0.15, 0.2) is 60.9 Å². The van der Waals surface area contributed by atoms with Crippen LogP contribution in [-0.2, 0) is 11.3 Å². The molecule has 2 aromatic carbocycles. The zero-order chi connectivity index (χ0) is 19.5. The Morgan fingerprint density at radius 1 is 1.04 bits per heavy atom. The Morgan fingerprint density at radius 3 is 2.46 bits per heavy atom. The summed E-state index contributed by atoms with van der Waals surface area (Å²) in [5.41, 5.74) is 1.68. The second-order valence-electron chi connectivity index (χ2n) is 6.65. The number of hydrogen-bond acceptors (Lipinski definition) is 4. The summed E-state index contributed by atoms with van der Waals surface area (Å²) in [4.78, 5) is 22.8. The van der Waals surface area contributed by atoms with Gasteiger partial charge in [-0.05, 0) is 12.1 Å². The van der Waals surface area contributed by atoms with Gasteiger partial charge in [-0.2, -0.15) is 0 Å². The van der Waals surface area contributed by atoms with Crippen LogP contribution in [0, 0.1) is 17.6 Å². The molecule has 0 bridgehead atoms. The first-order valence-corrected chi connectivity index (χ1v) is 8.95. The maximum absolute atomic E-state index is 13.6. The maximum atomic E-state index is 13.6. The van der Waals surface area contributed by atoms with Crippen molar-refractivity contribution in [1.29, 1.82) is 0 Å². The lowest BCUT2D eigenvalue weighted by Crippen LogP contribution is -2.54. The van der Waals surface area contributed by atoms with Gasteiger partial charge in [0.2, 0.25) is 5.91 Å². The van der Waals surface area contributed by atoms with Crippen molar-refractivity contribution in [3.8, 4) is 11.3 Å². The molecule has 0 atom stereocenters. The Kier molecular flexibility index (Phi) is 4.97. The molecule has 0 radical (unpaired) electrons. The van der Waals surface area contributed by atoms with Crippen molar-refractivity contribution >= 4 is 11.7 Å². The number of halogens is 2. The van der Waals surface area contributed by atoms with E-state index in [9.17, 15) is 13.6 Å². The highest BCUT2D eigenvalue weighted by Crippen LogP contribution is 2.26. The second-order valence-corrected chi connectivity index (χ2v) is 6.65. The van der Waals surface area contributed by atoms with Crippen LogP contribution < -0.4 is 10.2 Å². The van der Waals surface area contributed by atoms with E-state index in [2.05, 4.69) is 15.3 Å². The van der Waals surface area contributed by atoms with Crippen LogP contribution in [-0.4, -0.2) is 29.0 Å². The SMILES string of the molecule is O=C(NCc1c(F)cccc1F)C1CN(c2cc(-c3ccccc3)ncn2)C1. The van der Waals surface area contributed by atoms with E-state index in [1.165, 1.54) is 24.5 Å².